The number of aromatic hydroxyl groups is 1. The minimum Gasteiger partial charge on any atom is -0.505 e. The van der Waals surface area contributed by atoms with Crippen LogP contribution in [0.5, 0.6) is 5.75 Å². The van der Waals surface area contributed by atoms with Crippen molar-refractivity contribution in [1.82, 2.24) is 10.2 Å². The zero-order chi connectivity index (χ0) is 17.5. The molecule has 140 valence electrons. The molecule has 25 heavy (non-hydrogen) atoms. The number of aliphatic imine (C=N–C) groups is 1. The van der Waals surface area contributed by atoms with Crippen LogP contribution in [0.3, 0.4) is 0 Å². The summed E-state index contributed by atoms with van der Waals surface area (Å²) in [5.41, 5.74) is 0.699. The summed E-state index contributed by atoms with van der Waals surface area (Å²) in [7, 11) is 1.67. The van der Waals surface area contributed by atoms with Crippen LogP contribution in [0.2, 0.25) is 0 Å². The van der Waals surface area contributed by atoms with E-state index in [4.69, 9.17) is 4.74 Å². The van der Waals surface area contributed by atoms with Gasteiger partial charge in [-0.1, -0.05) is 6.07 Å². The molecule has 1 aliphatic rings. The van der Waals surface area contributed by atoms with Gasteiger partial charge in [-0.25, -0.2) is 4.39 Å². The molecule has 0 aliphatic carbocycles. The average Bonchev–Trinajstić information content (AvgIpc) is 2.59. The van der Waals surface area contributed by atoms with E-state index in [1.807, 2.05) is 4.90 Å². The number of nitrogens with zero attached hydrogens (tertiary/aromatic N) is 2. The summed E-state index contributed by atoms with van der Waals surface area (Å²) in [6.45, 7) is 3.93. The number of esters is 1. The number of halogens is 2. The molecule has 0 radical (unpaired) electrons. The van der Waals surface area contributed by atoms with Gasteiger partial charge in [-0.3, -0.25) is 9.79 Å². The van der Waals surface area contributed by atoms with Crippen molar-refractivity contribution < 1.29 is 19.0 Å². The quantitative estimate of drug-likeness (QED) is 0.310. The van der Waals surface area contributed by atoms with E-state index in [1.165, 1.54) is 12.1 Å². The first kappa shape index (κ1) is 21.5. The van der Waals surface area contributed by atoms with Crippen LogP contribution in [0.1, 0.15) is 25.3 Å². The van der Waals surface area contributed by atoms with Crippen molar-refractivity contribution in [1.29, 1.82) is 0 Å². The van der Waals surface area contributed by atoms with Gasteiger partial charge < -0.3 is 20.1 Å². The minimum atomic E-state index is -0.648. The van der Waals surface area contributed by atoms with Gasteiger partial charge in [0.15, 0.2) is 17.5 Å². The Morgan fingerprint density at radius 1 is 1.52 bits per heavy atom. The molecule has 0 bridgehead atoms. The standard InChI is InChI=1S/C17H24FN3O3.HI/c1-3-24-16(23)13-5-4-8-21(11-13)17(19-2)20-10-12-6-7-15(22)14(18)9-12;/h6-7,9,13,22H,3-5,8,10-11H2,1-2H3,(H,19,20);1H. The van der Waals surface area contributed by atoms with Crippen LogP contribution in [-0.2, 0) is 16.1 Å². The van der Waals surface area contributed by atoms with E-state index in [-0.39, 0.29) is 41.6 Å². The molecule has 1 heterocycles. The monoisotopic (exact) mass is 465 g/mol. The number of phenolic OH excluding ortho intramolecular Hbond substituents is 1. The number of rotatable bonds is 4. The molecule has 0 aromatic heterocycles. The van der Waals surface area contributed by atoms with Crippen LogP contribution in [-0.4, -0.2) is 48.7 Å². The van der Waals surface area contributed by atoms with Crippen LogP contribution in [0.4, 0.5) is 4.39 Å². The highest BCUT2D eigenvalue weighted by atomic mass is 127. The van der Waals surface area contributed by atoms with Crippen molar-refractivity contribution in [3.63, 3.8) is 0 Å². The summed E-state index contributed by atoms with van der Waals surface area (Å²) in [6, 6.07) is 4.26. The molecular weight excluding hydrogens is 440 g/mol. The first-order valence-electron chi connectivity index (χ1n) is 8.14. The van der Waals surface area contributed by atoms with E-state index < -0.39 is 5.82 Å². The summed E-state index contributed by atoms with van der Waals surface area (Å²) in [6.07, 6.45) is 1.70. The van der Waals surface area contributed by atoms with Gasteiger partial charge in [0.1, 0.15) is 0 Å². The molecule has 1 fully saturated rings. The van der Waals surface area contributed by atoms with Gasteiger partial charge in [0.2, 0.25) is 0 Å². The molecule has 8 heteroatoms. The van der Waals surface area contributed by atoms with Crippen molar-refractivity contribution in [3.05, 3.63) is 29.6 Å². The van der Waals surface area contributed by atoms with Crippen molar-refractivity contribution in [3.8, 4) is 5.75 Å². The Bertz CT molecular complexity index is 613. The summed E-state index contributed by atoms with van der Waals surface area (Å²) in [5, 5.41) is 12.4. The molecule has 2 rings (SSSR count). The lowest BCUT2D eigenvalue weighted by Crippen LogP contribution is -2.48. The summed E-state index contributed by atoms with van der Waals surface area (Å²) < 4.78 is 18.5. The van der Waals surface area contributed by atoms with E-state index in [2.05, 4.69) is 10.3 Å². The van der Waals surface area contributed by atoms with Crippen LogP contribution in [0.15, 0.2) is 23.2 Å². The molecule has 1 aliphatic heterocycles. The number of carbonyl (C=O) groups excluding carboxylic acids is 1. The Kier molecular flexibility index (Phi) is 8.95. The van der Waals surface area contributed by atoms with Gasteiger partial charge in [0, 0.05) is 26.7 Å². The third kappa shape index (κ3) is 6.02. The third-order valence-electron chi connectivity index (χ3n) is 4.02. The first-order valence-corrected chi connectivity index (χ1v) is 8.14. The Labute approximate surface area is 164 Å². The van der Waals surface area contributed by atoms with Crippen molar-refractivity contribution in [2.45, 2.75) is 26.3 Å². The second kappa shape index (κ2) is 10.4. The molecule has 1 atom stereocenters. The van der Waals surface area contributed by atoms with Gasteiger partial charge in [-0.2, -0.15) is 0 Å². The number of guanidine groups is 1. The molecule has 1 saturated heterocycles. The zero-order valence-corrected chi connectivity index (χ0v) is 16.8. The van der Waals surface area contributed by atoms with Gasteiger partial charge in [-0.05, 0) is 37.5 Å². The molecule has 2 N–H and O–H groups in total. The number of phenols is 1. The number of hydrogen-bond acceptors (Lipinski definition) is 4. The lowest BCUT2D eigenvalue weighted by Gasteiger charge is -2.34. The maximum absolute atomic E-state index is 13.4. The number of hydrogen-bond donors (Lipinski definition) is 2. The smallest absolute Gasteiger partial charge is 0.310 e. The molecule has 1 unspecified atom stereocenters. The number of piperidine rings is 1. The Morgan fingerprint density at radius 3 is 2.92 bits per heavy atom. The number of likely N-dealkylation sites (tertiary alicyclic amines) is 1. The molecule has 0 spiro atoms. The fourth-order valence-corrected chi connectivity index (χ4v) is 2.80. The second-order valence-corrected chi connectivity index (χ2v) is 5.72. The molecule has 6 nitrogen and oxygen atoms in total. The van der Waals surface area contributed by atoms with Crippen LogP contribution in [0, 0.1) is 11.7 Å². The Balaban J connectivity index is 0.00000312. The molecule has 1 aromatic carbocycles. The fraction of sp³-hybridized carbons (Fsp3) is 0.529. The van der Waals surface area contributed by atoms with Gasteiger partial charge >= 0.3 is 5.97 Å². The van der Waals surface area contributed by atoms with E-state index in [1.54, 1.807) is 20.0 Å². The Morgan fingerprint density at radius 2 is 2.28 bits per heavy atom. The van der Waals surface area contributed by atoms with Crippen LogP contribution < -0.4 is 5.32 Å². The van der Waals surface area contributed by atoms with E-state index in [9.17, 15) is 14.3 Å². The second-order valence-electron chi connectivity index (χ2n) is 5.72. The van der Waals surface area contributed by atoms with Gasteiger partial charge in [0.05, 0.1) is 12.5 Å². The minimum absolute atomic E-state index is 0. The first-order chi connectivity index (χ1) is 11.5. The predicted octanol–water partition coefficient (Wildman–Crippen LogP) is 2.50. The van der Waals surface area contributed by atoms with Gasteiger partial charge in [-0.15, -0.1) is 24.0 Å². The van der Waals surface area contributed by atoms with Crippen LogP contribution >= 0.6 is 24.0 Å². The number of benzene rings is 1. The highest BCUT2D eigenvalue weighted by Gasteiger charge is 2.28. The summed E-state index contributed by atoms with van der Waals surface area (Å²) >= 11 is 0. The number of carbonyl (C=O) groups is 1. The van der Waals surface area contributed by atoms with E-state index >= 15 is 0 Å². The van der Waals surface area contributed by atoms with Crippen molar-refractivity contribution in [2.75, 3.05) is 26.7 Å². The zero-order valence-electron chi connectivity index (χ0n) is 14.5. The fourth-order valence-electron chi connectivity index (χ4n) is 2.80. The summed E-state index contributed by atoms with van der Waals surface area (Å²) in [5.74, 6) is -0.666. The normalized spacial score (nSPS) is 17.6. The molecule has 0 saturated carbocycles. The van der Waals surface area contributed by atoms with Gasteiger partial charge in [0.25, 0.3) is 0 Å². The largest absolute Gasteiger partial charge is 0.505 e. The van der Waals surface area contributed by atoms with Crippen molar-refractivity contribution >= 4 is 35.9 Å². The lowest BCUT2D eigenvalue weighted by atomic mass is 9.98. The maximum Gasteiger partial charge on any atom is 0.310 e. The third-order valence-corrected chi connectivity index (χ3v) is 4.02. The Hall–Kier alpha value is -1.58. The van der Waals surface area contributed by atoms with E-state index in [0.29, 0.717) is 31.2 Å². The van der Waals surface area contributed by atoms with E-state index in [0.717, 1.165) is 19.4 Å². The SMILES string of the molecule is CCOC(=O)C1CCCN(C(=NC)NCc2ccc(O)c(F)c2)C1.I. The van der Waals surface area contributed by atoms with Crippen LogP contribution in [0.25, 0.3) is 0 Å². The summed E-state index contributed by atoms with van der Waals surface area (Å²) in [4.78, 5) is 18.2. The maximum atomic E-state index is 13.4. The predicted molar refractivity (Wildman–Crippen MR) is 105 cm³/mol. The average molecular weight is 465 g/mol. The molecular formula is C17H25FIN3O3. The molecule has 1 aromatic rings. The number of nitrogens with one attached hydrogen (secondary N) is 1. The topological polar surface area (TPSA) is 74.2 Å². The lowest BCUT2D eigenvalue weighted by molar-refractivity contribution is -0.149. The number of ether oxygens (including phenoxy) is 1. The highest BCUT2D eigenvalue weighted by Crippen LogP contribution is 2.19. The van der Waals surface area contributed by atoms with Crippen molar-refractivity contribution in [2.24, 2.45) is 10.9 Å². The molecule has 0 amide bonds. The highest BCUT2D eigenvalue weighted by molar-refractivity contribution is 14.0.